The zero-order valence-electron chi connectivity index (χ0n) is 11.9. The topological polar surface area (TPSA) is 79.3 Å². The third-order valence-electron chi connectivity index (χ3n) is 3.87. The molecule has 2 rings (SSSR count). The first-order chi connectivity index (χ1) is 9.54. The summed E-state index contributed by atoms with van der Waals surface area (Å²) >= 11 is 0. The Labute approximate surface area is 118 Å². The average Bonchev–Trinajstić information content (AvgIpc) is 2.89. The van der Waals surface area contributed by atoms with E-state index in [-0.39, 0.29) is 31.4 Å². The Hall–Kier alpha value is -1.34. The predicted octanol–water partition coefficient (Wildman–Crippen LogP) is 0.249. The summed E-state index contributed by atoms with van der Waals surface area (Å²) in [7, 11) is 0. The molecule has 0 aromatic heterocycles. The van der Waals surface area contributed by atoms with Crippen LogP contribution in [0.3, 0.4) is 0 Å². The first-order valence-electron chi connectivity index (χ1n) is 7.02. The average molecular weight is 286 g/mol. The van der Waals surface area contributed by atoms with Crippen molar-refractivity contribution in [3.05, 3.63) is 0 Å². The lowest BCUT2D eigenvalue weighted by atomic mass is 10.0. The van der Waals surface area contributed by atoms with Gasteiger partial charge >= 0.3 is 12.0 Å². The van der Waals surface area contributed by atoms with Gasteiger partial charge in [-0.25, -0.2) is 4.79 Å². The molecule has 0 radical (unpaired) electrons. The maximum atomic E-state index is 12.6. The monoisotopic (exact) mass is 286 g/mol. The van der Waals surface area contributed by atoms with Crippen LogP contribution in [-0.4, -0.2) is 78.5 Å². The molecule has 3 atom stereocenters. The van der Waals surface area contributed by atoms with Gasteiger partial charge in [-0.2, -0.15) is 0 Å². The van der Waals surface area contributed by atoms with Gasteiger partial charge in [0.25, 0.3) is 0 Å². The molecule has 0 aromatic rings. The second-order valence-corrected chi connectivity index (χ2v) is 5.25. The molecule has 2 aliphatic rings. The third-order valence-corrected chi connectivity index (χ3v) is 3.87. The summed E-state index contributed by atoms with van der Waals surface area (Å²) in [6.07, 6.45) is 0.0153. The molecular formula is C13H22N2O5. The molecule has 7 heteroatoms. The van der Waals surface area contributed by atoms with Crippen molar-refractivity contribution in [2.45, 2.75) is 26.0 Å². The van der Waals surface area contributed by atoms with Crippen LogP contribution in [0.4, 0.5) is 4.79 Å². The van der Waals surface area contributed by atoms with Gasteiger partial charge in [-0.05, 0) is 13.8 Å². The zero-order chi connectivity index (χ0) is 14.7. The number of hydrogen-bond acceptors (Lipinski definition) is 4. The van der Waals surface area contributed by atoms with Gasteiger partial charge in [-0.15, -0.1) is 0 Å². The molecule has 7 nitrogen and oxygen atoms in total. The Morgan fingerprint density at radius 2 is 2.15 bits per heavy atom. The fourth-order valence-electron chi connectivity index (χ4n) is 2.77. The van der Waals surface area contributed by atoms with Gasteiger partial charge in [-0.3, -0.25) is 4.79 Å². The van der Waals surface area contributed by atoms with Crippen LogP contribution < -0.4 is 0 Å². The minimum Gasteiger partial charge on any atom is -0.481 e. The Balaban J connectivity index is 2.06. The number of ether oxygens (including phenoxy) is 2. The van der Waals surface area contributed by atoms with Crippen LogP contribution in [0.5, 0.6) is 0 Å². The largest absolute Gasteiger partial charge is 0.481 e. The Bertz CT molecular complexity index is 376. The van der Waals surface area contributed by atoms with E-state index in [1.807, 2.05) is 13.8 Å². The molecule has 0 aliphatic carbocycles. The normalized spacial score (nSPS) is 30.3. The number of morpholine rings is 1. The van der Waals surface area contributed by atoms with Gasteiger partial charge in [0.2, 0.25) is 0 Å². The van der Waals surface area contributed by atoms with E-state index in [4.69, 9.17) is 9.47 Å². The highest BCUT2D eigenvalue weighted by atomic mass is 16.5. The maximum absolute atomic E-state index is 12.6. The van der Waals surface area contributed by atoms with Gasteiger partial charge < -0.3 is 24.4 Å². The Kier molecular flexibility index (Phi) is 4.82. The summed E-state index contributed by atoms with van der Waals surface area (Å²) in [6.45, 7) is 6.33. The number of carboxylic acids is 1. The Morgan fingerprint density at radius 3 is 2.75 bits per heavy atom. The fraction of sp³-hybridized carbons (Fsp3) is 0.846. The van der Waals surface area contributed by atoms with E-state index in [9.17, 15) is 14.7 Å². The van der Waals surface area contributed by atoms with Crippen molar-refractivity contribution in [1.29, 1.82) is 0 Å². The van der Waals surface area contributed by atoms with E-state index in [1.165, 1.54) is 0 Å². The van der Waals surface area contributed by atoms with Crippen LogP contribution in [0.2, 0.25) is 0 Å². The molecule has 0 aromatic carbocycles. The number of hydrogen-bond donors (Lipinski definition) is 1. The van der Waals surface area contributed by atoms with Crippen molar-refractivity contribution in [1.82, 2.24) is 9.80 Å². The van der Waals surface area contributed by atoms with Crippen molar-refractivity contribution in [2.75, 3.05) is 39.5 Å². The summed E-state index contributed by atoms with van der Waals surface area (Å²) in [6, 6.07) is -0.507. The van der Waals surface area contributed by atoms with Crippen molar-refractivity contribution in [2.24, 2.45) is 5.92 Å². The highest BCUT2D eigenvalue weighted by molar-refractivity contribution is 5.77. The zero-order valence-corrected chi connectivity index (χ0v) is 11.9. The van der Waals surface area contributed by atoms with Gasteiger partial charge in [0, 0.05) is 19.6 Å². The van der Waals surface area contributed by atoms with Crippen molar-refractivity contribution in [3.63, 3.8) is 0 Å². The molecule has 0 saturated carbocycles. The van der Waals surface area contributed by atoms with E-state index < -0.39 is 11.9 Å². The second kappa shape index (κ2) is 6.41. The quantitative estimate of drug-likeness (QED) is 0.804. The Morgan fingerprint density at radius 1 is 1.40 bits per heavy atom. The molecule has 20 heavy (non-hydrogen) atoms. The number of likely N-dealkylation sites (N-methyl/N-ethyl adjacent to an activating group) is 1. The summed E-state index contributed by atoms with van der Waals surface area (Å²) in [5.41, 5.74) is 0. The maximum Gasteiger partial charge on any atom is 0.320 e. The van der Waals surface area contributed by atoms with Crippen LogP contribution in [0.25, 0.3) is 0 Å². The van der Waals surface area contributed by atoms with E-state index in [1.54, 1.807) is 9.80 Å². The van der Waals surface area contributed by atoms with Gasteiger partial charge in [0.15, 0.2) is 0 Å². The van der Waals surface area contributed by atoms with Crippen LogP contribution in [0, 0.1) is 5.92 Å². The number of carbonyl (C=O) groups is 2. The molecule has 0 bridgehead atoms. The van der Waals surface area contributed by atoms with E-state index >= 15 is 0 Å². The van der Waals surface area contributed by atoms with E-state index in [0.717, 1.165) is 0 Å². The third kappa shape index (κ3) is 3.04. The minimum absolute atomic E-state index is 0.0153. The highest BCUT2D eigenvalue weighted by Crippen LogP contribution is 2.22. The van der Waals surface area contributed by atoms with Crippen molar-refractivity contribution >= 4 is 12.0 Å². The predicted molar refractivity (Wildman–Crippen MR) is 70.5 cm³/mol. The lowest BCUT2D eigenvalue weighted by Crippen LogP contribution is -2.55. The number of carboxylic acid groups (broad SMARTS) is 1. The summed E-state index contributed by atoms with van der Waals surface area (Å²) in [5.74, 6) is -1.55. The molecule has 3 unspecified atom stereocenters. The van der Waals surface area contributed by atoms with E-state index in [2.05, 4.69) is 0 Å². The summed E-state index contributed by atoms with van der Waals surface area (Å²) < 4.78 is 10.7. The van der Waals surface area contributed by atoms with E-state index in [0.29, 0.717) is 26.2 Å². The molecule has 2 fully saturated rings. The summed E-state index contributed by atoms with van der Waals surface area (Å²) in [4.78, 5) is 27.2. The number of urea groups is 1. The minimum atomic E-state index is -0.908. The van der Waals surface area contributed by atoms with Gasteiger partial charge in [0.05, 0.1) is 32.0 Å². The molecule has 1 N–H and O–H groups in total. The fourth-order valence-corrected chi connectivity index (χ4v) is 2.77. The molecular weight excluding hydrogens is 264 g/mol. The number of carbonyl (C=O) groups excluding carboxylic acids is 1. The molecule has 2 heterocycles. The summed E-state index contributed by atoms with van der Waals surface area (Å²) in [5, 5.41) is 9.21. The van der Waals surface area contributed by atoms with Gasteiger partial charge in [0.1, 0.15) is 5.92 Å². The lowest BCUT2D eigenvalue weighted by Gasteiger charge is -2.38. The van der Waals surface area contributed by atoms with Crippen LogP contribution in [-0.2, 0) is 14.3 Å². The molecule has 2 amide bonds. The molecule has 2 saturated heterocycles. The van der Waals surface area contributed by atoms with Crippen LogP contribution in [0.15, 0.2) is 0 Å². The standard InChI is InChI=1S/C13H22N2O5/c1-3-15(11-8-19-7-10(11)12(16)17)13(18)14-4-5-20-9(2)6-14/h9-11H,3-8H2,1-2H3,(H,16,17). The number of aliphatic carboxylic acids is 1. The number of nitrogens with zero attached hydrogens (tertiary/aromatic N) is 2. The number of rotatable bonds is 3. The first-order valence-corrected chi connectivity index (χ1v) is 7.02. The highest BCUT2D eigenvalue weighted by Gasteiger charge is 2.41. The molecule has 0 spiro atoms. The van der Waals surface area contributed by atoms with Gasteiger partial charge in [-0.1, -0.05) is 0 Å². The molecule has 114 valence electrons. The first kappa shape index (κ1) is 15.1. The van der Waals surface area contributed by atoms with Crippen LogP contribution in [0.1, 0.15) is 13.8 Å². The van der Waals surface area contributed by atoms with Crippen molar-refractivity contribution < 1.29 is 24.2 Å². The number of amides is 2. The molecule has 2 aliphatic heterocycles. The smallest absolute Gasteiger partial charge is 0.320 e. The van der Waals surface area contributed by atoms with Crippen LogP contribution >= 0.6 is 0 Å². The SMILES string of the molecule is CCN(C(=O)N1CCOC(C)C1)C1COCC1C(=O)O. The second-order valence-electron chi connectivity index (χ2n) is 5.25. The van der Waals surface area contributed by atoms with Crippen molar-refractivity contribution in [3.8, 4) is 0 Å². The lowest BCUT2D eigenvalue weighted by molar-refractivity contribution is -0.142.